The minimum Gasteiger partial charge on any atom is -0.371 e. The number of rotatable bonds is 5. The van der Waals surface area contributed by atoms with Gasteiger partial charge in [-0.2, -0.15) is 0 Å². The molecule has 1 saturated heterocycles. The first kappa shape index (κ1) is 14.2. The first-order valence-corrected chi connectivity index (χ1v) is 7.69. The number of hydrogen-bond acceptors (Lipinski definition) is 3. The number of pyridine rings is 1. The van der Waals surface area contributed by atoms with Gasteiger partial charge >= 0.3 is 0 Å². The Morgan fingerprint density at radius 3 is 2.86 bits per heavy atom. The molecule has 2 heterocycles. The molecule has 3 nitrogen and oxygen atoms in total. The Bertz CT molecular complexity index is 529. The first-order valence-electron chi connectivity index (χ1n) is 7.69. The summed E-state index contributed by atoms with van der Waals surface area (Å²) in [5.74, 6) is 0. The fourth-order valence-electron chi connectivity index (χ4n) is 2.83. The van der Waals surface area contributed by atoms with Crippen molar-refractivity contribution in [3.05, 3.63) is 66.0 Å². The van der Waals surface area contributed by atoms with Gasteiger partial charge in [-0.25, -0.2) is 0 Å². The number of aryl methyl sites for hydroxylation is 1. The second-order valence-electron chi connectivity index (χ2n) is 5.54. The van der Waals surface area contributed by atoms with Gasteiger partial charge in [0.15, 0.2) is 0 Å². The van der Waals surface area contributed by atoms with E-state index in [0.29, 0.717) is 0 Å². The summed E-state index contributed by atoms with van der Waals surface area (Å²) >= 11 is 0. The lowest BCUT2D eigenvalue weighted by Crippen LogP contribution is -2.39. The first-order chi connectivity index (χ1) is 10.4. The normalized spacial score (nSPS) is 19.5. The Labute approximate surface area is 126 Å². The van der Waals surface area contributed by atoms with Crippen molar-refractivity contribution in [3.8, 4) is 0 Å². The third kappa shape index (κ3) is 4.13. The van der Waals surface area contributed by atoms with E-state index in [9.17, 15) is 0 Å². The number of benzene rings is 1. The highest BCUT2D eigenvalue weighted by molar-refractivity contribution is 5.15. The van der Waals surface area contributed by atoms with Crippen LogP contribution in [-0.4, -0.2) is 36.1 Å². The lowest BCUT2D eigenvalue weighted by molar-refractivity contribution is -0.0303. The van der Waals surface area contributed by atoms with Crippen LogP contribution < -0.4 is 0 Å². The molecule has 1 fully saturated rings. The van der Waals surface area contributed by atoms with E-state index in [-0.39, 0.29) is 6.10 Å². The monoisotopic (exact) mass is 282 g/mol. The highest BCUT2D eigenvalue weighted by Gasteiger charge is 2.21. The van der Waals surface area contributed by atoms with Crippen LogP contribution in [0.3, 0.4) is 0 Å². The van der Waals surface area contributed by atoms with Crippen molar-refractivity contribution in [2.24, 2.45) is 0 Å². The summed E-state index contributed by atoms with van der Waals surface area (Å²) in [6.07, 6.45) is 6.24. The molecule has 3 rings (SSSR count). The summed E-state index contributed by atoms with van der Waals surface area (Å²) in [6.45, 7) is 3.95. The van der Waals surface area contributed by atoms with Crippen LogP contribution in [0.15, 0.2) is 54.9 Å². The average molecular weight is 282 g/mol. The maximum atomic E-state index is 5.88. The third-order valence-electron chi connectivity index (χ3n) is 3.99. The lowest BCUT2D eigenvalue weighted by Gasteiger charge is -2.33. The molecule has 0 saturated carbocycles. The number of morpholine rings is 1. The predicted molar refractivity (Wildman–Crippen MR) is 84.1 cm³/mol. The minimum absolute atomic E-state index is 0.171. The summed E-state index contributed by atoms with van der Waals surface area (Å²) in [5.41, 5.74) is 2.61. The standard InChI is InChI=1S/C18H22N2O/c1-2-6-16(7-3-1)8-5-11-20-12-13-21-18(15-20)17-9-4-10-19-14-17/h1-4,6-7,9-10,14,18H,5,8,11-13,15H2. The van der Waals surface area contributed by atoms with Crippen LogP contribution in [0.1, 0.15) is 23.7 Å². The molecule has 0 spiro atoms. The SMILES string of the molecule is c1ccc(CCCN2CCOC(c3cccnc3)C2)cc1. The van der Waals surface area contributed by atoms with Crippen molar-refractivity contribution in [2.45, 2.75) is 18.9 Å². The molecule has 0 aliphatic carbocycles. The van der Waals surface area contributed by atoms with E-state index in [2.05, 4.69) is 46.3 Å². The maximum absolute atomic E-state index is 5.88. The fourth-order valence-corrected chi connectivity index (χ4v) is 2.83. The molecule has 2 aromatic rings. The molecule has 21 heavy (non-hydrogen) atoms. The van der Waals surface area contributed by atoms with Crippen molar-refractivity contribution in [1.29, 1.82) is 0 Å². The number of nitrogens with zero attached hydrogens (tertiary/aromatic N) is 2. The van der Waals surface area contributed by atoms with E-state index < -0.39 is 0 Å². The van der Waals surface area contributed by atoms with Gasteiger partial charge in [-0.3, -0.25) is 9.88 Å². The Balaban J connectivity index is 1.48. The third-order valence-corrected chi connectivity index (χ3v) is 3.99. The molecule has 1 aromatic heterocycles. The van der Waals surface area contributed by atoms with E-state index >= 15 is 0 Å². The van der Waals surface area contributed by atoms with Crippen LogP contribution in [0.2, 0.25) is 0 Å². The highest BCUT2D eigenvalue weighted by Crippen LogP contribution is 2.21. The zero-order valence-electron chi connectivity index (χ0n) is 12.3. The van der Waals surface area contributed by atoms with Crippen molar-refractivity contribution < 1.29 is 4.74 Å². The predicted octanol–water partition coefficient (Wildman–Crippen LogP) is 3.09. The summed E-state index contributed by atoms with van der Waals surface area (Å²) in [7, 11) is 0. The van der Waals surface area contributed by atoms with Crippen molar-refractivity contribution in [2.75, 3.05) is 26.2 Å². The average Bonchev–Trinajstić information content (AvgIpc) is 2.57. The van der Waals surface area contributed by atoms with E-state index in [4.69, 9.17) is 4.74 Å². The second kappa shape index (κ2) is 7.34. The molecule has 1 unspecified atom stereocenters. The molecule has 0 radical (unpaired) electrons. The van der Waals surface area contributed by atoms with Crippen LogP contribution in [0.25, 0.3) is 0 Å². The maximum Gasteiger partial charge on any atom is 0.0967 e. The minimum atomic E-state index is 0.171. The Morgan fingerprint density at radius 1 is 1.14 bits per heavy atom. The van der Waals surface area contributed by atoms with Gasteiger partial charge in [0.25, 0.3) is 0 Å². The van der Waals surface area contributed by atoms with Gasteiger partial charge < -0.3 is 4.74 Å². The summed E-state index contributed by atoms with van der Waals surface area (Å²) in [4.78, 5) is 6.69. The van der Waals surface area contributed by atoms with Gasteiger partial charge in [0.1, 0.15) is 0 Å². The van der Waals surface area contributed by atoms with Gasteiger partial charge in [0, 0.05) is 31.0 Å². The zero-order valence-corrected chi connectivity index (χ0v) is 12.3. The molecule has 1 aromatic carbocycles. The Kier molecular flexibility index (Phi) is 4.98. The topological polar surface area (TPSA) is 25.4 Å². The molecule has 1 aliphatic rings. The summed E-state index contributed by atoms with van der Waals surface area (Å²) < 4.78 is 5.88. The number of ether oxygens (including phenoxy) is 1. The van der Waals surface area contributed by atoms with Crippen molar-refractivity contribution in [3.63, 3.8) is 0 Å². The van der Waals surface area contributed by atoms with Gasteiger partial charge in [-0.15, -0.1) is 0 Å². The zero-order chi connectivity index (χ0) is 14.3. The van der Waals surface area contributed by atoms with Crippen LogP contribution in [-0.2, 0) is 11.2 Å². The number of hydrogen-bond donors (Lipinski definition) is 0. The Hall–Kier alpha value is -1.71. The molecule has 0 bridgehead atoms. The summed E-state index contributed by atoms with van der Waals surface area (Å²) in [5, 5.41) is 0. The quantitative estimate of drug-likeness (QED) is 0.842. The van der Waals surface area contributed by atoms with Crippen LogP contribution in [0.5, 0.6) is 0 Å². The molecule has 1 aliphatic heterocycles. The molecule has 3 heteroatoms. The molecule has 110 valence electrons. The largest absolute Gasteiger partial charge is 0.371 e. The number of aromatic nitrogens is 1. The fraction of sp³-hybridized carbons (Fsp3) is 0.389. The van der Waals surface area contributed by atoms with Gasteiger partial charge in [0.05, 0.1) is 12.7 Å². The smallest absolute Gasteiger partial charge is 0.0967 e. The van der Waals surface area contributed by atoms with Gasteiger partial charge in [0.2, 0.25) is 0 Å². The molecule has 1 atom stereocenters. The lowest BCUT2D eigenvalue weighted by atomic mass is 10.1. The van der Waals surface area contributed by atoms with Crippen LogP contribution >= 0.6 is 0 Å². The molecule has 0 N–H and O–H groups in total. The van der Waals surface area contributed by atoms with Crippen molar-refractivity contribution in [1.82, 2.24) is 9.88 Å². The van der Waals surface area contributed by atoms with Crippen LogP contribution in [0, 0.1) is 0 Å². The van der Waals surface area contributed by atoms with E-state index in [1.54, 1.807) is 0 Å². The summed E-state index contributed by atoms with van der Waals surface area (Å²) in [6, 6.07) is 14.8. The molecular weight excluding hydrogens is 260 g/mol. The second-order valence-corrected chi connectivity index (χ2v) is 5.54. The van der Waals surface area contributed by atoms with E-state index in [1.807, 2.05) is 18.5 Å². The molecule has 0 amide bonds. The molecular formula is C18H22N2O. The highest BCUT2D eigenvalue weighted by atomic mass is 16.5. The van der Waals surface area contributed by atoms with Gasteiger partial charge in [-0.05, 0) is 31.0 Å². The Morgan fingerprint density at radius 2 is 2.05 bits per heavy atom. The van der Waals surface area contributed by atoms with E-state index in [0.717, 1.165) is 32.7 Å². The van der Waals surface area contributed by atoms with Crippen LogP contribution in [0.4, 0.5) is 0 Å². The van der Waals surface area contributed by atoms with E-state index in [1.165, 1.54) is 17.5 Å². The van der Waals surface area contributed by atoms with Gasteiger partial charge in [-0.1, -0.05) is 36.4 Å². The van der Waals surface area contributed by atoms with Crippen molar-refractivity contribution >= 4 is 0 Å².